The second-order valence-corrected chi connectivity index (χ2v) is 10.3. The molecule has 3 aromatic carbocycles. The summed E-state index contributed by atoms with van der Waals surface area (Å²) in [4.78, 5) is 25.7. The number of hydrogen-bond donors (Lipinski definition) is 1. The van der Waals surface area contributed by atoms with Crippen LogP contribution in [0.2, 0.25) is 5.02 Å². The Morgan fingerprint density at radius 1 is 1.00 bits per heavy atom. The van der Waals surface area contributed by atoms with Crippen LogP contribution in [0.25, 0.3) is 11.0 Å². The number of rotatable bonds is 9. The topological polar surface area (TPSA) is 72.1 Å². The van der Waals surface area contributed by atoms with Crippen molar-refractivity contribution >= 4 is 28.5 Å². The molecule has 0 radical (unpaired) electrons. The van der Waals surface area contributed by atoms with Crippen LogP contribution in [-0.2, 0) is 11.8 Å². The Bertz CT molecular complexity index is 1370. The number of fused-ring (bicyclic) bond motifs is 1. The lowest BCUT2D eigenvalue weighted by molar-refractivity contribution is 0.0737. The largest absolute Gasteiger partial charge is 0.338 e. The van der Waals surface area contributed by atoms with Gasteiger partial charge in [0.15, 0.2) is 0 Å². The van der Waals surface area contributed by atoms with Crippen molar-refractivity contribution in [3.63, 3.8) is 0 Å². The number of carbonyl (C=O) groups is 1. The zero-order valence-electron chi connectivity index (χ0n) is 20.6. The molecule has 2 N–H and O–H groups in total. The van der Waals surface area contributed by atoms with E-state index in [9.17, 15) is 4.79 Å². The Balaban J connectivity index is 1.53. The molecule has 4 aromatic rings. The molecule has 5 nitrogen and oxygen atoms in total. The Kier molecular flexibility index (Phi) is 7.04. The maximum atomic E-state index is 13.6. The second kappa shape index (κ2) is 10.4. The third kappa shape index (κ3) is 5.28. The van der Waals surface area contributed by atoms with Gasteiger partial charge in [0.05, 0.1) is 22.4 Å². The van der Waals surface area contributed by atoms with Crippen LogP contribution in [0.1, 0.15) is 52.1 Å². The maximum absolute atomic E-state index is 13.6. The number of hydrogen-bond acceptors (Lipinski definition) is 4. The number of amides is 1. The van der Waals surface area contributed by atoms with E-state index >= 15 is 0 Å². The molecule has 1 aliphatic rings. The second-order valence-electron chi connectivity index (χ2n) is 9.83. The molecule has 36 heavy (non-hydrogen) atoms. The monoisotopic (exact) mass is 498 g/mol. The van der Waals surface area contributed by atoms with E-state index in [2.05, 4.69) is 12.1 Å². The Labute approximate surface area is 217 Å². The van der Waals surface area contributed by atoms with E-state index in [0.717, 1.165) is 47.2 Å². The van der Waals surface area contributed by atoms with Crippen molar-refractivity contribution in [3.05, 3.63) is 106 Å². The first kappa shape index (κ1) is 24.4. The molecular formula is C30H31ClN4O. The van der Waals surface area contributed by atoms with Crippen molar-refractivity contribution in [2.24, 2.45) is 5.73 Å². The highest BCUT2D eigenvalue weighted by molar-refractivity contribution is 6.31. The minimum Gasteiger partial charge on any atom is -0.338 e. The quantitative estimate of drug-likeness (QED) is 0.321. The van der Waals surface area contributed by atoms with Gasteiger partial charge in [-0.15, -0.1) is 0 Å². The zero-order valence-corrected chi connectivity index (χ0v) is 21.3. The molecule has 1 aliphatic carbocycles. The lowest BCUT2D eigenvalue weighted by Crippen LogP contribution is -2.39. The summed E-state index contributed by atoms with van der Waals surface area (Å²) in [5.74, 6) is 0.0381. The number of nitrogens with two attached hydrogens (primary N) is 1. The SMILES string of the molecule is Cc1ccc(C(=O)N(CCCN)CC2(c3nc4cc(Cl)ccc4nc3Cc3ccccc3)CC2)cc1. The molecule has 1 saturated carbocycles. The highest BCUT2D eigenvalue weighted by atomic mass is 35.5. The molecule has 0 unspecified atom stereocenters. The summed E-state index contributed by atoms with van der Waals surface area (Å²) in [5, 5.41) is 0.641. The average molecular weight is 499 g/mol. The number of aromatic nitrogens is 2. The van der Waals surface area contributed by atoms with Crippen LogP contribution in [0.4, 0.5) is 0 Å². The van der Waals surface area contributed by atoms with Gasteiger partial charge in [0.1, 0.15) is 0 Å². The van der Waals surface area contributed by atoms with Crippen LogP contribution in [0, 0.1) is 6.92 Å². The number of benzene rings is 3. The first-order valence-corrected chi connectivity index (χ1v) is 12.9. The first-order chi connectivity index (χ1) is 17.5. The Morgan fingerprint density at radius 3 is 2.44 bits per heavy atom. The summed E-state index contributed by atoms with van der Waals surface area (Å²) in [6.07, 6.45) is 3.38. The Hall–Kier alpha value is -3.28. The molecule has 0 atom stereocenters. The van der Waals surface area contributed by atoms with Gasteiger partial charge in [-0.3, -0.25) is 4.79 Å². The molecule has 5 rings (SSSR count). The average Bonchev–Trinajstić information content (AvgIpc) is 3.67. The maximum Gasteiger partial charge on any atom is 0.253 e. The van der Waals surface area contributed by atoms with Gasteiger partial charge in [0, 0.05) is 35.5 Å². The summed E-state index contributed by atoms with van der Waals surface area (Å²) >= 11 is 6.30. The summed E-state index contributed by atoms with van der Waals surface area (Å²) in [5.41, 5.74) is 12.2. The third-order valence-electron chi connectivity index (χ3n) is 6.98. The number of halogens is 1. The van der Waals surface area contributed by atoms with E-state index in [-0.39, 0.29) is 11.3 Å². The van der Waals surface area contributed by atoms with Crippen LogP contribution in [0.5, 0.6) is 0 Å². The smallest absolute Gasteiger partial charge is 0.253 e. The minimum atomic E-state index is -0.220. The van der Waals surface area contributed by atoms with Crippen molar-refractivity contribution in [1.29, 1.82) is 0 Å². The Morgan fingerprint density at radius 2 is 1.75 bits per heavy atom. The molecule has 0 spiro atoms. The van der Waals surface area contributed by atoms with Crippen molar-refractivity contribution in [2.75, 3.05) is 19.6 Å². The van der Waals surface area contributed by atoms with Gasteiger partial charge in [0.2, 0.25) is 0 Å². The lowest BCUT2D eigenvalue weighted by atomic mass is 9.95. The summed E-state index contributed by atoms with van der Waals surface area (Å²) in [6, 6.07) is 23.8. The zero-order chi connectivity index (χ0) is 25.1. The van der Waals surface area contributed by atoms with Gasteiger partial charge in [-0.25, -0.2) is 9.97 Å². The molecule has 0 bridgehead atoms. The number of nitrogens with zero attached hydrogens (tertiary/aromatic N) is 3. The highest BCUT2D eigenvalue weighted by Gasteiger charge is 2.49. The number of aryl methyl sites for hydroxylation is 1. The minimum absolute atomic E-state index is 0.0381. The summed E-state index contributed by atoms with van der Waals surface area (Å²) in [6.45, 7) is 3.78. The van der Waals surface area contributed by atoms with E-state index in [1.807, 2.05) is 72.5 Å². The molecule has 1 heterocycles. The number of carbonyl (C=O) groups excluding carboxylic acids is 1. The van der Waals surface area contributed by atoms with Crippen LogP contribution in [-0.4, -0.2) is 40.4 Å². The van der Waals surface area contributed by atoms with Gasteiger partial charge in [-0.2, -0.15) is 0 Å². The van der Waals surface area contributed by atoms with Crippen molar-refractivity contribution in [2.45, 2.75) is 38.0 Å². The fourth-order valence-electron chi connectivity index (χ4n) is 4.80. The third-order valence-corrected chi connectivity index (χ3v) is 7.22. The molecular weight excluding hydrogens is 468 g/mol. The van der Waals surface area contributed by atoms with E-state index < -0.39 is 0 Å². The molecule has 0 aliphatic heterocycles. The van der Waals surface area contributed by atoms with E-state index in [0.29, 0.717) is 36.6 Å². The molecule has 0 saturated heterocycles. The lowest BCUT2D eigenvalue weighted by Gasteiger charge is -2.29. The van der Waals surface area contributed by atoms with Crippen LogP contribution in [0.3, 0.4) is 0 Å². The molecule has 1 fully saturated rings. The van der Waals surface area contributed by atoms with Gasteiger partial charge in [-0.05, 0) is 68.6 Å². The summed E-state index contributed by atoms with van der Waals surface area (Å²) < 4.78 is 0. The predicted molar refractivity (Wildman–Crippen MR) is 145 cm³/mol. The molecule has 1 amide bonds. The fraction of sp³-hybridized carbons (Fsp3) is 0.300. The van der Waals surface area contributed by atoms with E-state index in [1.54, 1.807) is 0 Å². The van der Waals surface area contributed by atoms with Crippen molar-refractivity contribution in [3.8, 4) is 0 Å². The van der Waals surface area contributed by atoms with Gasteiger partial charge in [-0.1, -0.05) is 59.6 Å². The van der Waals surface area contributed by atoms with Crippen molar-refractivity contribution < 1.29 is 4.79 Å². The van der Waals surface area contributed by atoms with E-state index in [1.165, 1.54) is 5.56 Å². The van der Waals surface area contributed by atoms with Gasteiger partial charge in [0.25, 0.3) is 5.91 Å². The van der Waals surface area contributed by atoms with Crippen LogP contribution < -0.4 is 5.73 Å². The highest BCUT2D eigenvalue weighted by Crippen LogP contribution is 2.49. The normalized spacial score (nSPS) is 14.1. The molecule has 6 heteroatoms. The fourth-order valence-corrected chi connectivity index (χ4v) is 4.97. The molecule has 1 aromatic heterocycles. The molecule has 184 valence electrons. The first-order valence-electron chi connectivity index (χ1n) is 12.5. The van der Waals surface area contributed by atoms with Gasteiger partial charge >= 0.3 is 0 Å². The van der Waals surface area contributed by atoms with E-state index in [4.69, 9.17) is 27.3 Å². The standard InChI is InChI=1S/C30H31ClN4O/c1-21-8-10-23(11-9-21)29(36)35(17-5-16-32)20-30(14-15-30)28-27(18-22-6-3-2-4-7-22)33-25-13-12-24(31)19-26(25)34-28/h2-4,6-13,19H,5,14-18,20,32H2,1H3. The summed E-state index contributed by atoms with van der Waals surface area (Å²) in [7, 11) is 0. The van der Waals surface area contributed by atoms with Gasteiger partial charge < -0.3 is 10.6 Å². The van der Waals surface area contributed by atoms with Crippen LogP contribution in [0.15, 0.2) is 72.8 Å². The van der Waals surface area contributed by atoms with Crippen LogP contribution >= 0.6 is 11.6 Å². The predicted octanol–water partition coefficient (Wildman–Crippen LogP) is 5.71. The van der Waals surface area contributed by atoms with Crippen molar-refractivity contribution in [1.82, 2.24) is 14.9 Å².